The van der Waals surface area contributed by atoms with Crippen molar-refractivity contribution in [2.45, 2.75) is 0 Å². The van der Waals surface area contributed by atoms with Gasteiger partial charge in [-0.25, -0.2) is 9.97 Å². The summed E-state index contributed by atoms with van der Waals surface area (Å²) in [6.07, 6.45) is 1.50. The molecule has 0 amide bonds. The molecule has 16 heavy (non-hydrogen) atoms. The molecule has 4 nitrogen and oxygen atoms in total. The van der Waals surface area contributed by atoms with Crippen molar-refractivity contribution >= 4 is 48.6 Å². The average Bonchev–Trinajstić information content (AvgIpc) is 2.26. The molecule has 0 unspecified atom stereocenters. The molecule has 0 radical (unpaired) electrons. The topological polar surface area (TPSA) is 58.0 Å². The molecule has 2 rings (SSSR count). The van der Waals surface area contributed by atoms with Crippen LogP contribution in [0.1, 0.15) is 0 Å². The zero-order chi connectivity index (χ0) is 11.5. The molecule has 6 heteroatoms. The van der Waals surface area contributed by atoms with Crippen LogP contribution < -0.4 is 5.32 Å². The van der Waals surface area contributed by atoms with E-state index in [1.165, 1.54) is 6.33 Å². The van der Waals surface area contributed by atoms with Gasteiger partial charge in [-0.1, -0.05) is 15.9 Å². The first-order valence-electron chi connectivity index (χ1n) is 4.67. The maximum Gasteiger partial charge on any atom is 0.137 e. The highest BCUT2D eigenvalue weighted by Gasteiger charge is 2.07. The molecule has 0 aliphatic rings. The van der Waals surface area contributed by atoms with Crippen LogP contribution in [0.4, 0.5) is 5.82 Å². The van der Waals surface area contributed by atoms with Crippen molar-refractivity contribution in [3.8, 4) is 0 Å². The monoisotopic (exact) mass is 345 g/mol. The number of aromatic nitrogens is 2. The third-order valence-electron chi connectivity index (χ3n) is 2.06. The number of rotatable bonds is 3. The van der Waals surface area contributed by atoms with Crippen LogP contribution in [-0.2, 0) is 0 Å². The lowest BCUT2D eigenvalue weighted by molar-refractivity contribution is 0.311. The molecule has 0 bridgehead atoms. The van der Waals surface area contributed by atoms with E-state index in [-0.39, 0.29) is 6.61 Å². The minimum absolute atomic E-state index is 0.0701. The molecule has 2 N–H and O–H groups in total. The molecule has 84 valence electrons. The molecule has 2 aromatic rings. The van der Waals surface area contributed by atoms with Gasteiger partial charge in [-0.05, 0) is 28.1 Å². The molecule has 0 spiro atoms. The van der Waals surface area contributed by atoms with Gasteiger partial charge in [-0.15, -0.1) is 0 Å². The lowest BCUT2D eigenvalue weighted by Crippen LogP contribution is -2.07. The second-order valence-corrected chi connectivity index (χ2v) is 4.93. The third kappa shape index (κ3) is 2.34. The Kier molecular flexibility index (Phi) is 3.73. The molecular formula is C10H9Br2N3O. The van der Waals surface area contributed by atoms with Crippen molar-refractivity contribution in [1.29, 1.82) is 0 Å². The van der Waals surface area contributed by atoms with E-state index < -0.39 is 0 Å². The highest BCUT2D eigenvalue weighted by atomic mass is 79.9. The second kappa shape index (κ2) is 5.07. The number of halogens is 2. The predicted molar refractivity (Wildman–Crippen MR) is 70.5 cm³/mol. The second-order valence-electron chi connectivity index (χ2n) is 3.16. The summed E-state index contributed by atoms with van der Waals surface area (Å²) in [5.74, 6) is 0.723. The van der Waals surface area contributed by atoms with Crippen molar-refractivity contribution in [3.63, 3.8) is 0 Å². The molecule has 1 heterocycles. The minimum atomic E-state index is 0.0701. The normalized spacial score (nSPS) is 10.7. The first kappa shape index (κ1) is 11.8. The summed E-state index contributed by atoms with van der Waals surface area (Å²) in [5, 5.41) is 12.7. The maximum atomic E-state index is 8.78. The van der Waals surface area contributed by atoms with Crippen LogP contribution in [0.15, 0.2) is 27.4 Å². The lowest BCUT2D eigenvalue weighted by Gasteiger charge is -2.08. The lowest BCUT2D eigenvalue weighted by atomic mass is 10.2. The quantitative estimate of drug-likeness (QED) is 0.896. The third-order valence-corrected chi connectivity index (χ3v) is 3.12. The van der Waals surface area contributed by atoms with Gasteiger partial charge in [0.05, 0.1) is 12.1 Å². The number of fused-ring (bicyclic) bond motifs is 1. The summed E-state index contributed by atoms with van der Waals surface area (Å²) >= 11 is 6.88. The Labute approximate surface area is 109 Å². The molecule has 0 saturated heterocycles. The first-order valence-corrected chi connectivity index (χ1v) is 6.25. The number of aliphatic hydroxyl groups excluding tert-OH is 1. The zero-order valence-corrected chi connectivity index (χ0v) is 11.4. The zero-order valence-electron chi connectivity index (χ0n) is 8.24. The van der Waals surface area contributed by atoms with Crippen LogP contribution in [0.2, 0.25) is 0 Å². The Morgan fingerprint density at radius 1 is 1.25 bits per heavy atom. The Hall–Kier alpha value is -0.720. The van der Waals surface area contributed by atoms with E-state index in [9.17, 15) is 0 Å². The Bertz CT molecular complexity index is 519. The van der Waals surface area contributed by atoms with Gasteiger partial charge in [0.2, 0.25) is 0 Å². The Balaban J connectivity index is 2.57. The van der Waals surface area contributed by atoms with Gasteiger partial charge in [0.15, 0.2) is 0 Å². The van der Waals surface area contributed by atoms with E-state index in [0.29, 0.717) is 6.54 Å². The Morgan fingerprint density at radius 3 is 2.81 bits per heavy atom. The van der Waals surface area contributed by atoms with Crippen molar-refractivity contribution < 1.29 is 5.11 Å². The predicted octanol–water partition coefficient (Wildman–Crippen LogP) is 2.56. The fourth-order valence-corrected chi connectivity index (χ4v) is 2.73. The van der Waals surface area contributed by atoms with Crippen molar-refractivity contribution in [1.82, 2.24) is 9.97 Å². The number of hydrogen-bond donors (Lipinski definition) is 2. The number of nitrogens with one attached hydrogen (secondary N) is 1. The van der Waals surface area contributed by atoms with Gasteiger partial charge in [-0.2, -0.15) is 0 Å². The number of anilines is 1. The smallest absolute Gasteiger partial charge is 0.137 e. The van der Waals surface area contributed by atoms with E-state index in [2.05, 4.69) is 47.1 Å². The molecule has 1 aromatic heterocycles. The number of benzene rings is 1. The summed E-state index contributed by atoms with van der Waals surface area (Å²) in [6.45, 7) is 0.539. The van der Waals surface area contributed by atoms with Crippen LogP contribution in [-0.4, -0.2) is 28.2 Å². The van der Waals surface area contributed by atoms with Crippen molar-refractivity contribution in [2.75, 3.05) is 18.5 Å². The van der Waals surface area contributed by atoms with E-state index in [0.717, 1.165) is 25.7 Å². The van der Waals surface area contributed by atoms with Crippen molar-refractivity contribution in [3.05, 3.63) is 27.4 Å². The average molecular weight is 347 g/mol. The maximum absolute atomic E-state index is 8.78. The summed E-state index contributed by atoms with van der Waals surface area (Å²) < 4.78 is 1.86. The van der Waals surface area contributed by atoms with Gasteiger partial charge in [-0.3, -0.25) is 0 Å². The molecule has 0 aliphatic carbocycles. The summed E-state index contributed by atoms with van der Waals surface area (Å²) in [4.78, 5) is 8.36. The fourth-order valence-electron chi connectivity index (χ4n) is 1.41. The summed E-state index contributed by atoms with van der Waals surface area (Å²) in [5.41, 5.74) is 0.846. The summed E-state index contributed by atoms with van der Waals surface area (Å²) in [6, 6.07) is 3.88. The highest BCUT2D eigenvalue weighted by Crippen LogP contribution is 2.29. The SMILES string of the molecule is OCCNc1ncnc2c(Br)cc(Br)cc12. The molecular weight excluding hydrogens is 338 g/mol. The van der Waals surface area contributed by atoms with Crippen LogP contribution in [0.5, 0.6) is 0 Å². The molecule has 1 aromatic carbocycles. The van der Waals surface area contributed by atoms with Gasteiger partial charge in [0.25, 0.3) is 0 Å². The van der Waals surface area contributed by atoms with E-state index in [1.807, 2.05) is 12.1 Å². The standard InChI is InChI=1S/C10H9Br2N3O/c11-6-3-7-9(8(12)4-6)14-5-15-10(7)13-1-2-16/h3-5,16H,1-2H2,(H,13,14,15). The van der Waals surface area contributed by atoms with E-state index in [4.69, 9.17) is 5.11 Å². The first-order chi connectivity index (χ1) is 7.72. The minimum Gasteiger partial charge on any atom is -0.395 e. The number of nitrogens with zero attached hydrogens (tertiary/aromatic N) is 2. The van der Waals surface area contributed by atoms with Gasteiger partial charge >= 0.3 is 0 Å². The summed E-state index contributed by atoms with van der Waals surface area (Å²) in [7, 11) is 0. The van der Waals surface area contributed by atoms with Crippen LogP contribution in [0, 0.1) is 0 Å². The van der Waals surface area contributed by atoms with Gasteiger partial charge in [0.1, 0.15) is 12.1 Å². The van der Waals surface area contributed by atoms with Crippen molar-refractivity contribution in [2.24, 2.45) is 0 Å². The molecule has 0 fully saturated rings. The largest absolute Gasteiger partial charge is 0.395 e. The number of hydrogen-bond acceptors (Lipinski definition) is 4. The van der Waals surface area contributed by atoms with E-state index >= 15 is 0 Å². The number of aliphatic hydroxyl groups is 1. The fraction of sp³-hybridized carbons (Fsp3) is 0.200. The van der Waals surface area contributed by atoms with Gasteiger partial charge < -0.3 is 10.4 Å². The van der Waals surface area contributed by atoms with Crippen LogP contribution >= 0.6 is 31.9 Å². The van der Waals surface area contributed by atoms with Gasteiger partial charge in [0, 0.05) is 20.9 Å². The Morgan fingerprint density at radius 2 is 2.06 bits per heavy atom. The van der Waals surface area contributed by atoms with Crippen LogP contribution in [0.25, 0.3) is 10.9 Å². The molecule has 0 aliphatic heterocycles. The molecule has 0 atom stereocenters. The van der Waals surface area contributed by atoms with Crippen LogP contribution in [0.3, 0.4) is 0 Å². The van der Waals surface area contributed by atoms with E-state index in [1.54, 1.807) is 0 Å². The highest BCUT2D eigenvalue weighted by molar-refractivity contribution is 9.11. The molecule has 0 saturated carbocycles.